The molecule has 1 atom stereocenters. The summed E-state index contributed by atoms with van der Waals surface area (Å²) in [6, 6.07) is 7.93. The van der Waals surface area contributed by atoms with E-state index in [-0.39, 0.29) is 6.61 Å². The van der Waals surface area contributed by atoms with Crippen molar-refractivity contribution in [3.05, 3.63) is 42.2 Å². The van der Waals surface area contributed by atoms with Gasteiger partial charge >= 0.3 is 0 Å². The van der Waals surface area contributed by atoms with Crippen LogP contribution in [0.3, 0.4) is 0 Å². The molecule has 0 bridgehead atoms. The Morgan fingerprint density at radius 3 is 2.09 bits per heavy atom. The van der Waals surface area contributed by atoms with E-state index in [1.54, 1.807) is 0 Å². The van der Waals surface area contributed by atoms with Gasteiger partial charge < -0.3 is 9.47 Å². The third-order valence-corrected chi connectivity index (χ3v) is 6.26. The lowest BCUT2D eigenvalue weighted by Crippen LogP contribution is -2.11. The molecule has 2 aromatic rings. The van der Waals surface area contributed by atoms with Gasteiger partial charge in [0.1, 0.15) is 11.9 Å². The van der Waals surface area contributed by atoms with Crippen molar-refractivity contribution in [1.29, 1.82) is 0 Å². The van der Waals surface area contributed by atoms with E-state index < -0.39 is 6.17 Å². The molecule has 0 amide bonds. The van der Waals surface area contributed by atoms with Gasteiger partial charge in [0, 0.05) is 24.6 Å². The van der Waals surface area contributed by atoms with Crippen molar-refractivity contribution in [3.63, 3.8) is 0 Å². The van der Waals surface area contributed by atoms with Gasteiger partial charge in [0.2, 0.25) is 0 Å². The summed E-state index contributed by atoms with van der Waals surface area (Å²) in [5.41, 5.74) is 2.20. The topological polar surface area (TPSA) is 44.2 Å². The monoisotopic (exact) mass is 486 g/mol. The molecule has 0 aliphatic heterocycles. The van der Waals surface area contributed by atoms with Gasteiger partial charge in [-0.05, 0) is 61.9 Å². The molecule has 0 N–H and O–H groups in total. The number of hydrogen-bond donors (Lipinski definition) is 0. The molecule has 0 saturated carbocycles. The maximum absolute atomic E-state index is 13.7. The van der Waals surface area contributed by atoms with Gasteiger partial charge in [0.15, 0.2) is 5.82 Å². The summed E-state index contributed by atoms with van der Waals surface area (Å²) < 4.78 is 25.0. The Labute approximate surface area is 213 Å². The van der Waals surface area contributed by atoms with Crippen LogP contribution in [0.4, 0.5) is 4.39 Å². The average Bonchev–Trinajstić information content (AvgIpc) is 2.89. The van der Waals surface area contributed by atoms with Crippen molar-refractivity contribution in [2.75, 3.05) is 19.8 Å². The van der Waals surface area contributed by atoms with Crippen LogP contribution in [0.1, 0.15) is 103 Å². The molecule has 1 heterocycles. The highest BCUT2D eigenvalue weighted by atomic mass is 19.1. The minimum absolute atomic E-state index is 0.219. The Hall–Kier alpha value is -2.01. The second kappa shape index (κ2) is 19.2. The van der Waals surface area contributed by atoms with Gasteiger partial charge in [0.25, 0.3) is 0 Å². The van der Waals surface area contributed by atoms with Crippen LogP contribution in [0.25, 0.3) is 11.4 Å². The molecule has 0 radical (unpaired) electrons. The SMILES string of the molecule is CCCCCCCCc1cnc(-c2ccc(OCCCCOCC(F)CCCCCC)cc2)nc1. The van der Waals surface area contributed by atoms with Crippen LogP contribution in [0, 0.1) is 0 Å². The third kappa shape index (κ3) is 13.6. The molecule has 4 nitrogen and oxygen atoms in total. The van der Waals surface area contributed by atoms with E-state index >= 15 is 0 Å². The molecule has 0 spiro atoms. The number of aromatic nitrogens is 2. The minimum atomic E-state index is -0.831. The highest BCUT2D eigenvalue weighted by Gasteiger charge is 2.06. The molecule has 0 aliphatic carbocycles. The maximum Gasteiger partial charge on any atom is 0.159 e. The number of nitrogens with zero attached hydrogens (tertiary/aromatic N) is 2. The fourth-order valence-corrected chi connectivity index (χ4v) is 4.03. The van der Waals surface area contributed by atoms with Gasteiger partial charge in [-0.15, -0.1) is 0 Å². The average molecular weight is 487 g/mol. The first-order valence-corrected chi connectivity index (χ1v) is 14.0. The van der Waals surface area contributed by atoms with E-state index in [1.807, 2.05) is 36.7 Å². The molecule has 0 saturated heterocycles. The van der Waals surface area contributed by atoms with Gasteiger partial charge in [-0.25, -0.2) is 14.4 Å². The Balaban J connectivity index is 1.56. The fraction of sp³-hybridized carbons (Fsp3) is 0.667. The smallest absolute Gasteiger partial charge is 0.159 e. The minimum Gasteiger partial charge on any atom is -0.494 e. The van der Waals surface area contributed by atoms with Gasteiger partial charge in [-0.3, -0.25) is 0 Å². The Morgan fingerprint density at radius 1 is 0.743 bits per heavy atom. The number of halogens is 1. The van der Waals surface area contributed by atoms with E-state index in [0.29, 0.717) is 19.6 Å². The first-order chi connectivity index (χ1) is 17.2. The van der Waals surface area contributed by atoms with Crippen molar-refractivity contribution in [2.45, 2.75) is 110 Å². The van der Waals surface area contributed by atoms with Crippen LogP contribution in [0.15, 0.2) is 36.7 Å². The van der Waals surface area contributed by atoms with Crippen LogP contribution < -0.4 is 4.74 Å². The van der Waals surface area contributed by atoms with Crippen LogP contribution >= 0.6 is 0 Å². The van der Waals surface area contributed by atoms with Crippen LogP contribution in [-0.4, -0.2) is 36.0 Å². The summed E-state index contributed by atoms with van der Waals surface area (Å²) >= 11 is 0. The normalized spacial score (nSPS) is 12.1. The Bertz CT molecular complexity index is 752. The summed E-state index contributed by atoms with van der Waals surface area (Å²) in [5.74, 6) is 1.59. The number of unbranched alkanes of at least 4 members (excludes halogenated alkanes) is 9. The second-order valence-corrected chi connectivity index (χ2v) is 9.53. The molecule has 35 heavy (non-hydrogen) atoms. The van der Waals surface area contributed by atoms with E-state index in [2.05, 4.69) is 23.8 Å². The number of ether oxygens (including phenoxy) is 2. The van der Waals surface area contributed by atoms with E-state index in [0.717, 1.165) is 49.2 Å². The molecule has 2 rings (SSSR count). The number of rotatable bonds is 21. The predicted molar refractivity (Wildman–Crippen MR) is 144 cm³/mol. The first-order valence-electron chi connectivity index (χ1n) is 14.0. The molecular weight excluding hydrogens is 439 g/mol. The zero-order valence-electron chi connectivity index (χ0n) is 22.2. The molecule has 0 aliphatic rings. The quantitative estimate of drug-likeness (QED) is 0.166. The van der Waals surface area contributed by atoms with Crippen LogP contribution in [0.5, 0.6) is 5.75 Å². The number of aryl methyl sites for hydroxylation is 1. The van der Waals surface area contributed by atoms with E-state index in [1.165, 1.54) is 56.9 Å². The number of benzene rings is 1. The van der Waals surface area contributed by atoms with E-state index in [4.69, 9.17) is 9.47 Å². The lowest BCUT2D eigenvalue weighted by molar-refractivity contribution is 0.0720. The summed E-state index contributed by atoms with van der Waals surface area (Å²) in [6.45, 7) is 5.85. The maximum atomic E-state index is 13.7. The predicted octanol–water partition coefficient (Wildman–Crippen LogP) is 8.53. The van der Waals surface area contributed by atoms with Crippen molar-refractivity contribution < 1.29 is 13.9 Å². The van der Waals surface area contributed by atoms with Crippen LogP contribution in [-0.2, 0) is 11.2 Å². The molecule has 0 fully saturated rings. The van der Waals surface area contributed by atoms with E-state index in [9.17, 15) is 4.39 Å². The van der Waals surface area contributed by atoms with Crippen molar-refractivity contribution >= 4 is 0 Å². The fourth-order valence-electron chi connectivity index (χ4n) is 4.03. The number of alkyl halides is 1. The largest absolute Gasteiger partial charge is 0.494 e. The van der Waals surface area contributed by atoms with Crippen molar-refractivity contribution in [3.8, 4) is 17.1 Å². The summed E-state index contributed by atoms with van der Waals surface area (Å²) in [7, 11) is 0. The molecular formula is C30H47FN2O2. The standard InChI is InChI=1S/C30H47FN2O2/c1-3-5-7-9-10-11-15-26-23-32-30(33-24-26)27-17-19-29(20-18-27)35-22-14-13-21-34-25-28(31)16-12-8-6-4-2/h17-20,23-24,28H,3-16,21-22,25H2,1-2H3. The summed E-state index contributed by atoms with van der Waals surface area (Å²) in [6.07, 6.45) is 18.8. The zero-order chi connectivity index (χ0) is 25.0. The lowest BCUT2D eigenvalue weighted by Gasteiger charge is -2.10. The molecule has 5 heteroatoms. The molecule has 196 valence electrons. The summed E-state index contributed by atoms with van der Waals surface area (Å²) in [5, 5.41) is 0. The highest BCUT2D eigenvalue weighted by molar-refractivity contribution is 5.55. The van der Waals surface area contributed by atoms with Gasteiger partial charge in [0.05, 0.1) is 13.2 Å². The zero-order valence-corrected chi connectivity index (χ0v) is 22.2. The van der Waals surface area contributed by atoms with Gasteiger partial charge in [-0.2, -0.15) is 0 Å². The number of hydrogen-bond acceptors (Lipinski definition) is 4. The molecule has 1 unspecified atom stereocenters. The second-order valence-electron chi connectivity index (χ2n) is 9.53. The highest BCUT2D eigenvalue weighted by Crippen LogP contribution is 2.20. The van der Waals surface area contributed by atoms with Crippen molar-refractivity contribution in [1.82, 2.24) is 9.97 Å². The Kier molecular flexibility index (Phi) is 16.0. The lowest BCUT2D eigenvalue weighted by atomic mass is 10.1. The van der Waals surface area contributed by atoms with Crippen molar-refractivity contribution in [2.24, 2.45) is 0 Å². The molecule has 1 aromatic heterocycles. The molecule has 1 aromatic carbocycles. The third-order valence-electron chi connectivity index (χ3n) is 6.26. The van der Waals surface area contributed by atoms with Crippen LogP contribution in [0.2, 0.25) is 0 Å². The van der Waals surface area contributed by atoms with Gasteiger partial charge in [-0.1, -0.05) is 71.6 Å². The first kappa shape index (κ1) is 29.2. The Morgan fingerprint density at radius 2 is 1.37 bits per heavy atom. The summed E-state index contributed by atoms with van der Waals surface area (Å²) in [4.78, 5) is 9.11.